The minimum atomic E-state index is -1.11. The van der Waals surface area contributed by atoms with Gasteiger partial charge in [0.2, 0.25) is 5.91 Å². The predicted molar refractivity (Wildman–Crippen MR) is 157 cm³/mol. The molecule has 10 heteroatoms. The fourth-order valence-corrected chi connectivity index (χ4v) is 5.74. The van der Waals surface area contributed by atoms with Gasteiger partial charge in [0.1, 0.15) is 23.8 Å². The van der Waals surface area contributed by atoms with Crippen LogP contribution < -0.4 is 16.0 Å². The number of methoxy groups -OCH3 is 1. The van der Waals surface area contributed by atoms with Crippen molar-refractivity contribution in [3.63, 3.8) is 0 Å². The summed E-state index contributed by atoms with van der Waals surface area (Å²) in [5.74, 6) is -1.05. The lowest BCUT2D eigenvalue weighted by Gasteiger charge is -2.30. The third-order valence-corrected chi connectivity index (χ3v) is 7.69. The molecule has 0 spiro atoms. The van der Waals surface area contributed by atoms with Crippen molar-refractivity contribution in [3.05, 3.63) is 59.7 Å². The molecule has 4 rings (SSSR count). The highest BCUT2D eigenvalue weighted by Gasteiger charge is 2.44. The number of carbonyl (C=O) groups excluding carboxylic acids is 4. The summed E-state index contributed by atoms with van der Waals surface area (Å²) in [4.78, 5) is 50.9. The molecule has 0 aliphatic heterocycles. The van der Waals surface area contributed by atoms with E-state index in [9.17, 15) is 19.2 Å². The fraction of sp³-hybridized carbons (Fsp3) is 0.500. The molecule has 2 aliphatic carbocycles. The van der Waals surface area contributed by atoms with E-state index < -0.39 is 41.2 Å². The Morgan fingerprint density at radius 1 is 0.929 bits per heavy atom. The zero-order chi connectivity index (χ0) is 30.3. The quantitative estimate of drug-likeness (QED) is 0.209. The van der Waals surface area contributed by atoms with Gasteiger partial charge in [-0.15, -0.1) is 0 Å². The molecule has 0 heterocycles. The van der Waals surface area contributed by atoms with Crippen molar-refractivity contribution in [2.75, 3.05) is 20.3 Å². The molecule has 1 fully saturated rings. The molecule has 0 aromatic heterocycles. The monoisotopic (exact) mass is 579 g/mol. The summed E-state index contributed by atoms with van der Waals surface area (Å²) in [6.07, 6.45) is 1.75. The second-order valence-corrected chi connectivity index (χ2v) is 11.9. The van der Waals surface area contributed by atoms with Crippen LogP contribution in [0.1, 0.15) is 76.3 Å². The molecule has 226 valence electrons. The average Bonchev–Trinajstić information content (AvgIpc) is 3.55. The van der Waals surface area contributed by atoms with Crippen LogP contribution in [0, 0.1) is 0 Å². The second-order valence-electron chi connectivity index (χ2n) is 11.9. The Hall–Kier alpha value is -4.08. The van der Waals surface area contributed by atoms with Gasteiger partial charge in [0.15, 0.2) is 0 Å². The van der Waals surface area contributed by atoms with Gasteiger partial charge in [0.05, 0.1) is 7.11 Å². The van der Waals surface area contributed by atoms with E-state index in [0.717, 1.165) is 35.1 Å². The molecule has 2 aliphatic rings. The standard InChI is InChI=1S/C32H41N3O7/c1-31(2,3)42-30(39)34-26(27(36)35-32(28(37)40-4)17-9-10-18-32)16-11-19-33-29(38)41-20-25-23-14-7-5-12-21(23)22-13-6-8-15-24(22)25/h5-8,12-15,25-26H,9-11,16-20H2,1-4H3,(H,33,38)(H,34,39)(H,35,36)/t26-/m0/s1. The molecule has 2 aromatic rings. The largest absolute Gasteiger partial charge is 0.467 e. The predicted octanol–water partition coefficient (Wildman–Crippen LogP) is 4.80. The number of nitrogens with one attached hydrogen (secondary N) is 3. The molecular formula is C32H41N3O7. The number of rotatable bonds is 10. The topological polar surface area (TPSA) is 132 Å². The Morgan fingerprint density at radius 3 is 2.10 bits per heavy atom. The molecular weight excluding hydrogens is 538 g/mol. The summed E-state index contributed by atoms with van der Waals surface area (Å²) in [5.41, 5.74) is 2.68. The molecule has 1 atom stereocenters. The first kappa shape index (κ1) is 30.9. The molecule has 0 radical (unpaired) electrons. The maximum absolute atomic E-state index is 13.3. The van der Waals surface area contributed by atoms with E-state index in [1.54, 1.807) is 20.8 Å². The molecule has 10 nitrogen and oxygen atoms in total. The SMILES string of the molecule is COC(=O)C1(NC(=O)[C@H](CCCNC(=O)OCC2c3ccccc3-c3ccccc32)NC(=O)OC(C)(C)C)CCCC1. The molecule has 2 aromatic carbocycles. The smallest absolute Gasteiger partial charge is 0.408 e. The highest BCUT2D eigenvalue weighted by atomic mass is 16.6. The third-order valence-electron chi connectivity index (χ3n) is 7.69. The van der Waals surface area contributed by atoms with E-state index in [-0.39, 0.29) is 25.5 Å². The van der Waals surface area contributed by atoms with Gasteiger partial charge in [-0.1, -0.05) is 61.4 Å². The van der Waals surface area contributed by atoms with Gasteiger partial charge in [-0.05, 0) is 68.7 Å². The summed E-state index contributed by atoms with van der Waals surface area (Å²) < 4.78 is 15.9. The molecule has 0 bridgehead atoms. The van der Waals surface area contributed by atoms with Crippen LogP contribution >= 0.6 is 0 Å². The Morgan fingerprint density at radius 2 is 1.52 bits per heavy atom. The van der Waals surface area contributed by atoms with Gasteiger partial charge < -0.3 is 30.2 Å². The number of amides is 3. The van der Waals surface area contributed by atoms with Crippen molar-refractivity contribution in [2.45, 2.75) is 82.4 Å². The van der Waals surface area contributed by atoms with Gasteiger partial charge in [-0.25, -0.2) is 14.4 Å². The summed E-state index contributed by atoms with van der Waals surface area (Å²) >= 11 is 0. The van der Waals surface area contributed by atoms with Crippen molar-refractivity contribution in [1.82, 2.24) is 16.0 Å². The van der Waals surface area contributed by atoms with E-state index in [4.69, 9.17) is 14.2 Å². The van der Waals surface area contributed by atoms with E-state index in [0.29, 0.717) is 19.3 Å². The zero-order valence-corrected chi connectivity index (χ0v) is 24.8. The third kappa shape index (κ3) is 7.40. The summed E-state index contributed by atoms with van der Waals surface area (Å²) in [5, 5.41) is 8.19. The van der Waals surface area contributed by atoms with E-state index in [1.165, 1.54) is 7.11 Å². The Labute approximate surface area is 246 Å². The van der Waals surface area contributed by atoms with Gasteiger partial charge in [0, 0.05) is 12.5 Å². The Bertz CT molecular complexity index is 1250. The number of hydrogen-bond acceptors (Lipinski definition) is 7. The Balaban J connectivity index is 1.31. The van der Waals surface area contributed by atoms with Gasteiger partial charge in [0.25, 0.3) is 0 Å². The average molecular weight is 580 g/mol. The molecule has 3 amide bonds. The minimum Gasteiger partial charge on any atom is -0.467 e. The molecule has 1 saturated carbocycles. The van der Waals surface area contributed by atoms with E-state index in [1.807, 2.05) is 24.3 Å². The number of carbonyl (C=O) groups is 4. The van der Waals surface area contributed by atoms with E-state index in [2.05, 4.69) is 40.2 Å². The van der Waals surface area contributed by atoms with Crippen LogP contribution in [0.4, 0.5) is 9.59 Å². The first-order valence-electron chi connectivity index (χ1n) is 14.5. The van der Waals surface area contributed by atoms with Crippen molar-refractivity contribution < 1.29 is 33.4 Å². The first-order valence-corrected chi connectivity index (χ1v) is 14.5. The normalized spacial score (nSPS) is 16.0. The molecule has 42 heavy (non-hydrogen) atoms. The lowest BCUT2D eigenvalue weighted by molar-refractivity contribution is -0.151. The van der Waals surface area contributed by atoms with Crippen molar-refractivity contribution >= 4 is 24.1 Å². The van der Waals surface area contributed by atoms with Crippen LogP contribution in [0.15, 0.2) is 48.5 Å². The number of fused-ring (bicyclic) bond motifs is 3. The number of esters is 1. The van der Waals surface area contributed by atoms with E-state index >= 15 is 0 Å². The van der Waals surface area contributed by atoms with Crippen LogP contribution in [0.3, 0.4) is 0 Å². The minimum absolute atomic E-state index is 0.0491. The summed E-state index contributed by atoms with van der Waals surface area (Å²) in [6, 6.07) is 15.2. The molecule has 3 N–H and O–H groups in total. The number of hydrogen-bond donors (Lipinski definition) is 3. The summed E-state index contributed by atoms with van der Waals surface area (Å²) in [7, 11) is 1.29. The maximum Gasteiger partial charge on any atom is 0.408 e. The number of ether oxygens (including phenoxy) is 3. The van der Waals surface area contributed by atoms with Gasteiger partial charge in [-0.2, -0.15) is 0 Å². The highest BCUT2D eigenvalue weighted by Crippen LogP contribution is 2.44. The number of benzene rings is 2. The van der Waals surface area contributed by atoms with Crippen molar-refractivity contribution in [3.8, 4) is 11.1 Å². The van der Waals surface area contributed by atoms with Crippen LogP contribution in [-0.4, -0.2) is 61.5 Å². The lowest BCUT2D eigenvalue weighted by Crippen LogP contribution is -2.58. The zero-order valence-electron chi connectivity index (χ0n) is 24.8. The Kier molecular flexibility index (Phi) is 9.75. The van der Waals surface area contributed by atoms with Gasteiger partial charge in [-0.3, -0.25) is 4.79 Å². The second kappa shape index (κ2) is 13.3. The molecule has 0 saturated heterocycles. The van der Waals surface area contributed by atoms with Crippen LogP contribution in [-0.2, 0) is 23.8 Å². The van der Waals surface area contributed by atoms with Crippen LogP contribution in [0.2, 0.25) is 0 Å². The van der Waals surface area contributed by atoms with Crippen molar-refractivity contribution in [2.24, 2.45) is 0 Å². The van der Waals surface area contributed by atoms with Crippen LogP contribution in [0.5, 0.6) is 0 Å². The highest BCUT2D eigenvalue weighted by molar-refractivity contribution is 5.92. The lowest BCUT2D eigenvalue weighted by atomic mass is 9.96. The number of alkyl carbamates (subject to hydrolysis) is 2. The molecule has 0 unspecified atom stereocenters. The van der Waals surface area contributed by atoms with Gasteiger partial charge >= 0.3 is 18.2 Å². The first-order chi connectivity index (χ1) is 20.0. The summed E-state index contributed by atoms with van der Waals surface area (Å²) in [6.45, 7) is 5.60. The fourth-order valence-electron chi connectivity index (χ4n) is 5.74. The van der Waals surface area contributed by atoms with Crippen molar-refractivity contribution in [1.29, 1.82) is 0 Å². The van der Waals surface area contributed by atoms with Crippen LogP contribution in [0.25, 0.3) is 11.1 Å². The maximum atomic E-state index is 13.3.